The van der Waals surface area contributed by atoms with Crippen LogP contribution >= 0.6 is 0 Å². The Hall–Kier alpha value is -0.300. The highest BCUT2D eigenvalue weighted by Gasteiger charge is 2.28. The maximum absolute atomic E-state index is 4.05. The Morgan fingerprint density at radius 1 is 1.47 bits per heavy atom. The third-order valence-corrected chi connectivity index (χ3v) is 3.53. The van der Waals surface area contributed by atoms with Gasteiger partial charge in [-0.25, -0.2) is 0 Å². The van der Waals surface area contributed by atoms with E-state index in [1.54, 1.807) is 0 Å². The summed E-state index contributed by atoms with van der Waals surface area (Å²) >= 11 is 0. The second-order valence-electron chi connectivity index (χ2n) is 5.40. The summed E-state index contributed by atoms with van der Waals surface area (Å²) in [6.07, 6.45) is 6.64. The van der Waals surface area contributed by atoms with Gasteiger partial charge in [0.05, 0.1) is 0 Å². The summed E-state index contributed by atoms with van der Waals surface area (Å²) in [5.41, 5.74) is 1.32. The maximum Gasteiger partial charge on any atom is 0.0132 e. The topological polar surface area (TPSA) is 12.0 Å². The van der Waals surface area contributed by atoms with Crippen LogP contribution in [0.1, 0.15) is 52.9 Å². The van der Waals surface area contributed by atoms with Crippen molar-refractivity contribution in [2.45, 2.75) is 58.9 Å². The molecule has 88 valence electrons. The Kier molecular flexibility index (Phi) is 5.38. The van der Waals surface area contributed by atoms with Crippen molar-refractivity contribution in [1.29, 1.82) is 0 Å². The molecule has 1 nitrogen and oxygen atoms in total. The quantitative estimate of drug-likeness (QED) is 0.657. The highest BCUT2D eigenvalue weighted by atomic mass is 14.9. The third-order valence-electron chi connectivity index (χ3n) is 3.53. The van der Waals surface area contributed by atoms with Crippen LogP contribution in [0.25, 0.3) is 0 Å². The van der Waals surface area contributed by atoms with Gasteiger partial charge in [-0.3, -0.25) is 0 Å². The summed E-state index contributed by atoms with van der Waals surface area (Å²) in [6, 6.07) is 0.687. The van der Waals surface area contributed by atoms with Gasteiger partial charge in [-0.1, -0.05) is 25.8 Å². The zero-order valence-corrected chi connectivity index (χ0v) is 10.7. The molecule has 1 saturated carbocycles. The fourth-order valence-electron chi connectivity index (χ4n) is 2.73. The second kappa shape index (κ2) is 6.32. The van der Waals surface area contributed by atoms with Crippen molar-refractivity contribution in [3.05, 3.63) is 12.2 Å². The van der Waals surface area contributed by atoms with Gasteiger partial charge in [-0.05, 0) is 51.0 Å². The summed E-state index contributed by atoms with van der Waals surface area (Å²) in [5, 5.41) is 3.70. The van der Waals surface area contributed by atoms with Crippen LogP contribution in [0.15, 0.2) is 12.2 Å². The number of nitrogens with one attached hydrogen (secondary N) is 1. The molecule has 15 heavy (non-hydrogen) atoms. The first-order valence-corrected chi connectivity index (χ1v) is 6.51. The van der Waals surface area contributed by atoms with E-state index in [1.807, 2.05) is 0 Å². The Morgan fingerprint density at radius 2 is 2.20 bits per heavy atom. The van der Waals surface area contributed by atoms with Gasteiger partial charge in [-0.15, -0.1) is 6.58 Å². The van der Waals surface area contributed by atoms with Crippen molar-refractivity contribution < 1.29 is 0 Å². The van der Waals surface area contributed by atoms with Gasteiger partial charge in [0.25, 0.3) is 0 Å². The highest BCUT2D eigenvalue weighted by molar-refractivity contribution is 4.96. The van der Waals surface area contributed by atoms with E-state index >= 15 is 0 Å². The maximum atomic E-state index is 4.05. The summed E-state index contributed by atoms with van der Waals surface area (Å²) in [5.74, 6) is 1.83. The van der Waals surface area contributed by atoms with Crippen LogP contribution in [-0.2, 0) is 0 Å². The van der Waals surface area contributed by atoms with Crippen molar-refractivity contribution in [3.63, 3.8) is 0 Å². The molecule has 1 N–H and O–H groups in total. The molecule has 3 unspecified atom stereocenters. The van der Waals surface area contributed by atoms with Gasteiger partial charge in [0.2, 0.25) is 0 Å². The minimum absolute atomic E-state index is 0.687. The van der Waals surface area contributed by atoms with Crippen LogP contribution in [0.4, 0.5) is 0 Å². The van der Waals surface area contributed by atoms with Gasteiger partial charge in [-0.2, -0.15) is 0 Å². The Labute approximate surface area is 95.3 Å². The summed E-state index contributed by atoms with van der Waals surface area (Å²) in [7, 11) is 0. The first-order valence-electron chi connectivity index (χ1n) is 6.51. The molecule has 0 aromatic carbocycles. The van der Waals surface area contributed by atoms with E-state index in [0.717, 1.165) is 24.8 Å². The van der Waals surface area contributed by atoms with Crippen LogP contribution in [-0.4, -0.2) is 12.6 Å². The van der Waals surface area contributed by atoms with E-state index in [9.17, 15) is 0 Å². The molecule has 0 amide bonds. The molecule has 0 radical (unpaired) electrons. The van der Waals surface area contributed by atoms with Crippen molar-refractivity contribution in [2.24, 2.45) is 11.8 Å². The van der Waals surface area contributed by atoms with Crippen LogP contribution in [0.5, 0.6) is 0 Å². The molecule has 1 fully saturated rings. The number of hydrogen-bond acceptors (Lipinski definition) is 1. The molecular weight excluding hydrogens is 182 g/mol. The SMILES string of the molecule is C=C(C)CC(NCCC)C1CCC(C)C1. The molecule has 1 aliphatic carbocycles. The van der Waals surface area contributed by atoms with Gasteiger partial charge in [0, 0.05) is 6.04 Å². The summed E-state index contributed by atoms with van der Waals surface area (Å²) in [6.45, 7) is 12.0. The molecule has 0 aliphatic heterocycles. The number of rotatable bonds is 6. The Bertz CT molecular complexity index is 198. The first kappa shape index (κ1) is 12.8. The number of hydrogen-bond donors (Lipinski definition) is 1. The molecule has 1 heteroatoms. The van der Waals surface area contributed by atoms with E-state index in [0.29, 0.717) is 6.04 Å². The Balaban J connectivity index is 2.43. The molecule has 0 aromatic heterocycles. The smallest absolute Gasteiger partial charge is 0.0132 e. The monoisotopic (exact) mass is 209 g/mol. The van der Waals surface area contributed by atoms with Crippen LogP contribution in [0, 0.1) is 11.8 Å². The second-order valence-corrected chi connectivity index (χ2v) is 5.40. The van der Waals surface area contributed by atoms with Gasteiger partial charge >= 0.3 is 0 Å². The van der Waals surface area contributed by atoms with E-state index in [-0.39, 0.29) is 0 Å². The van der Waals surface area contributed by atoms with E-state index < -0.39 is 0 Å². The van der Waals surface area contributed by atoms with Gasteiger partial charge in [0.1, 0.15) is 0 Å². The summed E-state index contributed by atoms with van der Waals surface area (Å²) < 4.78 is 0. The largest absolute Gasteiger partial charge is 0.313 e. The lowest BCUT2D eigenvalue weighted by atomic mass is 9.92. The van der Waals surface area contributed by atoms with Crippen LogP contribution in [0.2, 0.25) is 0 Å². The zero-order chi connectivity index (χ0) is 11.3. The van der Waals surface area contributed by atoms with E-state index in [2.05, 4.69) is 32.7 Å². The van der Waals surface area contributed by atoms with Crippen molar-refractivity contribution in [1.82, 2.24) is 5.32 Å². The molecule has 3 atom stereocenters. The fourth-order valence-corrected chi connectivity index (χ4v) is 2.73. The zero-order valence-electron chi connectivity index (χ0n) is 10.7. The average molecular weight is 209 g/mol. The predicted molar refractivity (Wildman–Crippen MR) is 68.0 cm³/mol. The minimum Gasteiger partial charge on any atom is -0.313 e. The lowest BCUT2D eigenvalue weighted by Gasteiger charge is -2.25. The van der Waals surface area contributed by atoms with Gasteiger partial charge < -0.3 is 5.32 Å². The van der Waals surface area contributed by atoms with Crippen molar-refractivity contribution in [2.75, 3.05) is 6.54 Å². The molecule has 0 heterocycles. The van der Waals surface area contributed by atoms with Crippen molar-refractivity contribution >= 4 is 0 Å². The van der Waals surface area contributed by atoms with Gasteiger partial charge in [0.15, 0.2) is 0 Å². The molecule has 0 bridgehead atoms. The fraction of sp³-hybridized carbons (Fsp3) is 0.857. The minimum atomic E-state index is 0.687. The molecular formula is C14H27N. The predicted octanol–water partition coefficient (Wildman–Crippen LogP) is 3.76. The summed E-state index contributed by atoms with van der Waals surface area (Å²) in [4.78, 5) is 0. The lowest BCUT2D eigenvalue weighted by molar-refractivity contribution is 0.348. The highest BCUT2D eigenvalue weighted by Crippen LogP contribution is 2.34. The molecule has 1 rings (SSSR count). The first-order chi connectivity index (χ1) is 7.13. The average Bonchev–Trinajstić information content (AvgIpc) is 2.58. The standard InChI is InChI=1S/C14H27N/c1-5-8-15-14(9-11(2)3)13-7-6-12(4)10-13/h12-15H,2,5-10H2,1,3-4H3. The normalized spacial score (nSPS) is 27.9. The Morgan fingerprint density at radius 3 is 2.67 bits per heavy atom. The van der Waals surface area contributed by atoms with E-state index in [1.165, 1.54) is 31.3 Å². The van der Waals surface area contributed by atoms with E-state index in [4.69, 9.17) is 0 Å². The molecule has 1 aliphatic rings. The molecule has 0 aromatic rings. The van der Waals surface area contributed by atoms with Crippen molar-refractivity contribution in [3.8, 4) is 0 Å². The van der Waals surface area contributed by atoms with Crippen LogP contribution < -0.4 is 5.32 Å². The lowest BCUT2D eigenvalue weighted by Crippen LogP contribution is -2.36. The van der Waals surface area contributed by atoms with Crippen LogP contribution in [0.3, 0.4) is 0 Å². The third kappa shape index (κ3) is 4.38. The molecule has 0 saturated heterocycles. The molecule has 0 spiro atoms.